The Kier molecular flexibility index (Phi) is 5.42. The van der Waals surface area contributed by atoms with Crippen LogP contribution in [-0.4, -0.2) is 29.4 Å². The minimum absolute atomic E-state index is 0.0878. The van der Waals surface area contributed by atoms with Crippen LogP contribution in [0.4, 0.5) is 0 Å². The SMILES string of the molecule is Cc1oc(-c2ccccc2)nc1CCNC(=O)c1ccc(C(=O)NC2CC2)cc1. The molecule has 0 spiro atoms. The summed E-state index contributed by atoms with van der Waals surface area (Å²) in [6.07, 6.45) is 2.67. The van der Waals surface area contributed by atoms with Gasteiger partial charge < -0.3 is 15.1 Å². The van der Waals surface area contributed by atoms with Gasteiger partial charge in [-0.2, -0.15) is 0 Å². The summed E-state index contributed by atoms with van der Waals surface area (Å²) in [4.78, 5) is 28.9. The molecule has 1 aliphatic rings. The summed E-state index contributed by atoms with van der Waals surface area (Å²) < 4.78 is 5.75. The number of carbonyl (C=O) groups excluding carboxylic acids is 2. The van der Waals surface area contributed by atoms with Crippen molar-refractivity contribution < 1.29 is 14.0 Å². The zero-order valence-corrected chi connectivity index (χ0v) is 16.3. The van der Waals surface area contributed by atoms with Gasteiger partial charge in [0.05, 0.1) is 5.69 Å². The highest BCUT2D eigenvalue weighted by Crippen LogP contribution is 2.21. The minimum Gasteiger partial charge on any atom is -0.441 e. The molecule has 1 saturated carbocycles. The summed E-state index contributed by atoms with van der Waals surface area (Å²) in [7, 11) is 0. The van der Waals surface area contributed by atoms with Crippen molar-refractivity contribution >= 4 is 11.8 Å². The Hall–Kier alpha value is -3.41. The summed E-state index contributed by atoms with van der Waals surface area (Å²) in [5.74, 6) is 1.08. The fraction of sp³-hybridized carbons (Fsp3) is 0.261. The van der Waals surface area contributed by atoms with E-state index in [2.05, 4.69) is 15.6 Å². The standard InChI is InChI=1S/C23H23N3O3/c1-15-20(26-23(29-15)18-5-3-2-4-6-18)13-14-24-21(27)16-7-9-17(10-8-16)22(28)25-19-11-12-19/h2-10,19H,11-14H2,1H3,(H,24,27)(H,25,28). The first kappa shape index (κ1) is 18.9. The van der Waals surface area contributed by atoms with Crippen LogP contribution in [0.15, 0.2) is 59.0 Å². The maximum atomic E-state index is 12.4. The number of hydrogen-bond acceptors (Lipinski definition) is 4. The average molecular weight is 389 g/mol. The largest absolute Gasteiger partial charge is 0.441 e. The van der Waals surface area contributed by atoms with Gasteiger partial charge in [0.1, 0.15) is 5.76 Å². The van der Waals surface area contributed by atoms with Gasteiger partial charge in [0.25, 0.3) is 11.8 Å². The van der Waals surface area contributed by atoms with Crippen molar-refractivity contribution in [2.75, 3.05) is 6.54 Å². The predicted octanol–water partition coefficient (Wildman–Crippen LogP) is 3.51. The normalized spacial score (nSPS) is 13.1. The highest BCUT2D eigenvalue weighted by atomic mass is 16.4. The number of amides is 2. The number of hydrogen-bond donors (Lipinski definition) is 2. The molecule has 6 nitrogen and oxygen atoms in total. The third-order valence-electron chi connectivity index (χ3n) is 4.88. The molecule has 29 heavy (non-hydrogen) atoms. The fourth-order valence-corrected chi connectivity index (χ4v) is 3.03. The van der Waals surface area contributed by atoms with Crippen LogP contribution < -0.4 is 10.6 Å². The topological polar surface area (TPSA) is 84.2 Å². The zero-order chi connectivity index (χ0) is 20.2. The van der Waals surface area contributed by atoms with Crippen LogP contribution in [0.3, 0.4) is 0 Å². The number of rotatable bonds is 7. The Morgan fingerprint density at radius 3 is 2.31 bits per heavy atom. The van der Waals surface area contributed by atoms with E-state index in [1.807, 2.05) is 37.3 Å². The summed E-state index contributed by atoms with van der Waals surface area (Å²) in [5.41, 5.74) is 2.85. The van der Waals surface area contributed by atoms with Gasteiger partial charge in [0, 0.05) is 35.7 Å². The smallest absolute Gasteiger partial charge is 0.251 e. The van der Waals surface area contributed by atoms with E-state index in [-0.39, 0.29) is 11.8 Å². The van der Waals surface area contributed by atoms with E-state index in [9.17, 15) is 9.59 Å². The molecule has 0 radical (unpaired) electrons. The number of oxazole rings is 1. The summed E-state index contributed by atoms with van der Waals surface area (Å²) in [6, 6.07) is 16.7. The van der Waals surface area contributed by atoms with Crippen molar-refractivity contribution in [3.05, 3.63) is 77.2 Å². The quantitative estimate of drug-likeness (QED) is 0.648. The van der Waals surface area contributed by atoms with Crippen molar-refractivity contribution in [1.82, 2.24) is 15.6 Å². The molecule has 6 heteroatoms. The molecule has 2 N–H and O–H groups in total. The monoisotopic (exact) mass is 389 g/mol. The van der Waals surface area contributed by atoms with Crippen LogP contribution >= 0.6 is 0 Å². The number of benzene rings is 2. The van der Waals surface area contributed by atoms with E-state index in [0.29, 0.717) is 36.0 Å². The zero-order valence-electron chi connectivity index (χ0n) is 16.3. The highest BCUT2D eigenvalue weighted by Gasteiger charge is 2.23. The molecule has 1 fully saturated rings. The Labute approximate surface area is 169 Å². The van der Waals surface area contributed by atoms with Crippen molar-refractivity contribution in [2.45, 2.75) is 32.2 Å². The average Bonchev–Trinajstić information content (AvgIpc) is 3.49. The van der Waals surface area contributed by atoms with Gasteiger partial charge in [-0.1, -0.05) is 18.2 Å². The second kappa shape index (κ2) is 8.31. The van der Waals surface area contributed by atoms with E-state index < -0.39 is 0 Å². The Morgan fingerprint density at radius 2 is 1.66 bits per heavy atom. The molecule has 0 saturated heterocycles. The molecule has 1 heterocycles. The molecule has 4 rings (SSSR count). The molecule has 148 valence electrons. The summed E-state index contributed by atoms with van der Waals surface area (Å²) in [5, 5.41) is 5.83. The molecule has 0 aliphatic heterocycles. The fourth-order valence-electron chi connectivity index (χ4n) is 3.03. The third kappa shape index (κ3) is 4.71. The molecule has 3 aromatic rings. The highest BCUT2D eigenvalue weighted by molar-refractivity contribution is 5.98. The molecule has 2 amide bonds. The number of nitrogens with one attached hydrogen (secondary N) is 2. The van der Waals surface area contributed by atoms with Gasteiger partial charge in [-0.15, -0.1) is 0 Å². The van der Waals surface area contributed by atoms with Crippen LogP contribution in [0.5, 0.6) is 0 Å². The Morgan fingerprint density at radius 1 is 1.00 bits per heavy atom. The van der Waals surface area contributed by atoms with E-state index in [4.69, 9.17) is 4.42 Å². The molecule has 0 atom stereocenters. The maximum absolute atomic E-state index is 12.4. The molecule has 0 unspecified atom stereocenters. The second-order valence-electron chi connectivity index (χ2n) is 7.22. The number of nitrogens with zero attached hydrogens (tertiary/aromatic N) is 1. The molecule has 1 aromatic heterocycles. The van der Waals surface area contributed by atoms with Crippen molar-refractivity contribution in [2.24, 2.45) is 0 Å². The van der Waals surface area contributed by atoms with Gasteiger partial charge in [0.15, 0.2) is 0 Å². The third-order valence-corrected chi connectivity index (χ3v) is 4.88. The number of aryl methyl sites for hydroxylation is 1. The van der Waals surface area contributed by atoms with E-state index >= 15 is 0 Å². The van der Waals surface area contributed by atoms with Crippen LogP contribution in [0.25, 0.3) is 11.5 Å². The van der Waals surface area contributed by atoms with E-state index in [1.165, 1.54) is 0 Å². The summed E-state index contributed by atoms with van der Waals surface area (Å²) >= 11 is 0. The molecular formula is C23H23N3O3. The van der Waals surface area contributed by atoms with Crippen molar-refractivity contribution in [3.63, 3.8) is 0 Å². The van der Waals surface area contributed by atoms with Gasteiger partial charge in [-0.25, -0.2) is 4.98 Å². The molecule has 1 aliphatic carbocycles. The van der Waals surface area contributed by atoms with Crippen LogP contribution in [0, 0.1) is 6.92 Å². The predicted molar refractivity (Wildman–Crippen MR) is 110 cm³/mol. The van der Waals surface area contributed by atoms with Crippen molar-refractivity contribution in [1.29, 1.82) is 0 Å². The lowest BCUT2D eigenvalue weighted by molar-refractivity contribution is 0.0940. The molecule has 0 bridgehead atoms. The van der Waals surface area contributed by atoms with Gasteiger partial charge >= 0.3 is 0 Å². The Bertz CT molecular complexity index is 1010. The second-order valence-corrected chi connectivity index (χ2v) is 7.22. The van der Waals surface area contributed by atoms with Crippen molar-refractivity contribution in [3.8, 4) is 11.5 Å². The van der Waals surface area contributed by atoms with Crippen LogP contribution in [0.1, 0.15) is 45.0 Å². The first-order valence-electron chi connectivity index (χ1n) is 9.81. The first-order chi connectivity index (χ1) is 14.1. The van der Waals surface area contributed by atoms with Crippen LogP contribution in [0.2, 0.25) is 0 Å². The lowest BCUT2D eigenvalue weighted by Crippen LogP contribution is -2.27. The van der Waals surface area contributed by atoms with Crippen LogP contribution in [-0.2, 0) is 6.42 Å². The first-order valence-corrected chi connectivity index (χ1v) is 9.81. The van der Waals surface area contributed by atoms with E-state index in [1.54, 1.807) is 24.3 Å². The van der Waals surface area contributed by atoms with Gasteiger partial charge in [0.2, 0.25) is 5.89 Å². The molecular weight excluding hydrogens is 366 g/mol. The number of aromatic nitrogens is 1. The maximum Gasteiger partial charge on any atom is 0.251 e. The Balaban J connectivity index is 1.31. The van der Waals surface area contributed by atoms with Gasteiger partial charge in [-0.3, -0.25) is 9.59 Å². The molecule has 2 aromatic carbocycles. The van der Waals surface area contributed by atoms with Gasteiger partial charge in [-0.05, 0) is 56.2 Å². The minimum atomic E-state index is -0.177. The lowest BCUT2D eigenvalue weighted by Gasteiger charge is -2.06. The lowest BCUT2D eigenvalue weighted by atomic mass is 10.1. The van der Waals surface area contributed by atoms with E-state index in [0.717, 1.165) is 29.9 Å². The summed E-state index contributed by atoms with van der Waals surface area (Å²) in [6.45, 7) is 2.33. The number of carbonyl (C=O) groups is 2.